The monoisotopic (exact) mass is 236 g/mol. The van der Waals surface area contributed by atoms with Crippen LogP contribution in [0.5, 0.6) is 0 Å². The summed E-state index contributed by atoms with van der Waals surface area (Å²) in [5.41, 5.74) is 0.640. The lowest BCUT2D eigenvalue weighted by Crippen LogP contribution is -2.43. The second kappa shape index (κ2) is 4.22. The van der Waals surface area contributed by atoms with Gasteiger partial charge < -0.3 is 10.6 Å². The third kappa shape index (κ3) is 2.54. The molecule has 5 heteroatoms. The van der Waals surface area contributed by atoms with E-state index in [1.165, 1.54) is 38.1 Å². The van der Waals surface area contributed by atoms with E-state index in [4.69, 9.17) is 0 Å². The van der Waals surface area contributed by atoms with Crippen LogP contribution in [0.15, 0.2) is 12.4 Å². The Hall–Kier alpha value is -1.23. The number of hydrogen-bond donors (Lipinski definition) is 2. The van der Waals surface area contributed by atoms with Crippen molar-refractivity contribution in [2.24, 2.45) is 5.41 Å². The quantitative estimate of drug-likeness (QED) is 0.836. The lowest BCUT2D eigenvalue weighted by Gasteiger charge is -2.30. The zero-order valence-electron chi connectivity index (χ0n) is 9.75. The fourth-order valence-electron chi connectivity index (χ4n) is 2.63. The molecule has 0 radical (unpaired) electrons. The molecule has 1 saturated carbocycles. The summed E-state index contributed by atoms with van der Waals surface area (Å²) in [6.07, 6.45) is 7.70. The fraction of sp³-hybridized carbons (Fsp3) is 0.667. The van der Waals surface area contributed by atoms with Crippen LogP contribution >= 0.6 is 0 Å². The van der Waals surface area contributed by atoms with Crippen LogP contribution in [0.25, 0.3) is 0 Å². The molecule has 4 nitrogen and oxygen atoms in total. The van der Waals surface area contributed by atoms with Crippen molar-refractivity contribution in [2.75, 3.05) is 18.4 Å². The molecule has 1 aromatic rings. The lowest BCUT2D eigenvalue weighted by molar-refractivity contribution is 0.290. The number of nitrogens with one attached hydrogen (secondary N) is 2. The molecule has 1 saturated heterocycles. The molecule has 0 aromatic carbocycles. The Labute approximate surface area is 100 Å². The standard InChI is InChI=1S/C12H17FN4/c13-9-6-15-11(16-7-9)17-8-10-5-12(1-2-12)3-4-14-10/h6-7,10,14H,1-5,8H2,(H,15,16,17). The van der Waals surface area contributed by atoms with Crippen molar-refractivity contribution >= 4 is 5.95 Å². The highest BCUT2D eigenvalue weighted by atomic mass is 19.1. The minimum atomic E-state index is -0.400. The molecule has 92 valence electrons. The molecule has 3 rings (SSSR count). The van der Waals surface area contributed by atoms with Gasteiger partial charge >= 0.3 is 0 Å². The number of hydrogen-bond acceptors (Lipinski definition) is 4. The number of aromatic nitrogens is 2. The van der Waals surface area contributed by atoms with Crippen molar-refractivity contribution in [3.63, 3.8) is 0 Å². The zero-order chi connectivity index (χ0) is 11.7. The maximum Gasteiger partial charge on any atom is 0.222 e. The Morgan fingerprint density at radius 2 is 2.12 bits per heavy atom. The van der Waals surface area contributed by atoms with Crippen molar-refractivity contribution in [3.05, 3.63) is 18.2 Å². The van der Waals surface area contributed by atoms with Gasteiger partial charge in [-0.1, -0.05) is 0 Å². The molecule has 17 heavy (non-hydrogen) atoms. The maximum atomic E-state index is 12.6. The Morgan fingerprint density at radius 1 is 1.35 bits per heavy atom. The molecule has 1 spiro atoms. The van der Waals surface area contributed by atoms with Crippen LogP contribution < -0.4 is 10.6 Å². The summed E-state index contributed by atoms with van der Waals surface area (Å²) in [5, 5.41) is 6.66. The summed E-state index contributed by atoms with van der Waals surface area (Å²) in [7, 11) is 0. The molecule has 0 amide bonds. The molecule has 1 aliphatic carbocycles. The molecule has 1 unspecified atom stereocenters. The van der Waals surface area contributed by atoms with Gasteiger partial charge in [0.2, 0.25) is 5.95 Å². The number of halogens is 1. The third-order valence-electron chi connectivity index (χ3n) is 3.85. The average molecular weight is 236 g/mol. The number of nitrogens with zero attached hydrogens (tertiary/aromatic N) is 2. The predicted molar refractivity (Wildman–Crippen MR) is 63.2 cm³/mol. The summed E-state index contributed by atoms with van der Waals surface area (Å²) in [6.45, 7) is 1.92. The van der Waals surface area contributed by atoms with E-state index in [-0.39, 0.29) is 0 Å². The first-order chi connectivity index (χ1) is 8.26. The Balaban J connectivity index is 1.52. The Morgan fingerprint density at radius 3 is 2.82 bits per heavy atom. The largest absolute Gasteiger partial charge is 0.353 e. The van der Waals surface area contributed by atoms with Gasteiger partial charge in [-0.05, 0) is 37.6 Å². The van der Waals surface area contributed by atoms with E-state index in [0.29, 0.717) is 17.4 Å². The van der Waals surface area contributed by atoms with E-state index >= 15 is 0 Å². The van der Waals surface area contributed by atoms with Gasteiger partial charge in [-0.2, -0.15) is 0 Å². The van der Waals surface area contributed by atoms with Crippen LogP contribution in [0.2, 0.25) is 0 Å². The maximum absolute atomic E-state index is 12.6. The molecule has 0 bridgehead atoms. The highest BCUT2D eigenvalue weighted by Crippen LogP contribution is 2.53. The van der Waals surface area contributed by atoms with Gasteiger partial charge in [0.1, 0.15) is 0 Å². The highest BCUT2D eigenvalue weighted by molar-refractivity contribution is 5.23. The van der Waals surface area contributed by atoms with Crippen molar-refractivity contribution < 1.29 is 4.39 Å². The summed E-state index contributed by atoms with van der Waals surface area (Å²) >= 11 is 0. The van der Waals surface area contributed by atoms with Gasteiger partial charge in [-0.15, -0.1) is 0 Å². The van der Waals surface area contributed by atoms with E-state index in [1.54, 1.807) is 0 Å². The molecule has 2 aliphatic rings. The topological polar surface area (TPSA) is 49.8 Å². The van der Waals surface area contributed by atoms with E-state index in [0.717, 1.165) is 13.1 Å². The molecule has 1 atom stereocenters. The average Bonchev–Trinajstić information content (AvgIpc) is 3.08. The zero-order valence-corrected chi connectivity index (χ0v) is 9.75. The molecule has 1 aromatic heterocycles. The lowest BCUT2D eigenvalue weighted by atomic mass is 9.89. The molecular formula is C12H17FN4. The summed E-state index contributed by atoms with van der Waals surface area (Å²) in [5.74, 6) is 0.104. The summed E-state index contributed by atoms with van der Waals surface area (Å²) < 4.78 is 12.6. The minimum absolute atomic E-state index is 0.400. The van der Waals surface area contributed by atoms with Crippen LogP contribution in [0.3, 0.4) is 0 Å². The first-order valence-electron chi connectivity index (χ1n) is 6.21. The van der Waals surface area contributed by atoms with Crippen molar-refractivity contribution in [2.45, 2.75) is 31.7 Å². The Kier molecular flexibility index (Phi) is 2.70. The second-order valence-electron chi connectivity index (χ2n) is 5.21. The van der Waals surface area contributed by atoms with Crippen molar-refractivity contribution in [1.82, 2.24) is 15.3 Å². The normalized spacial score (nSPS) is 25.8. The Bertz CT molecular complexity index is 388. The minimum Gasteiger partial charge on any atom is -0.353 e. The van der Waals surface area contributed by atoms with E-state index < -0.39 is 5.82 Å². The van der Waals surface area contributed by atoms with Crippen LogP contribution in [-0.2, 0) is 0 Å². The van der Waals surface area contributed by atoms with Crippen LogP contribution in [0, 0.1) is 11.2 Å². The van der Waals surface area contributed by atoms with E-state index in [2.05, 4.69) is 20.6 Å². The highest BCUT2D eigenvalue weighted by Gasteiger charge is 2.45. The fourth-order valence-corrected chi connectivity index (χ4v) is 2.63. The first kappa shape index (κ1) is 10.9. The third-order valence-corrected chi connectivity index (χ3v) is 3.85. The smallest absolute Gasteiger partial charge is 0.222 e. The molecule has 2 fully saturated rings. The van der Waals surface area contributed by atoms with Gasteiger partial charge in [-0.3, -0.25) is 0 Å². The van der Waals surface area contributed by atoms with Crippen LogP contribution in [-0.4, -0.2) is 29.1 Å². The summed E-state index contributed by atoms with van der Waals surface area (Å²) in [4.78, 5) is 7.78. The SMILES string of the molecule is Fc1cnc(NCC2CC3(CCN2)CC3)nc1. The van der Waals surface area contributed by atoms with Gasteiger partial charge in [0, 0.05) is 12.6 Å². The van der Waals surface area contributed by atoms with Gasteiger partial charge in [0.25, 0.3) is 0 Å². The van der Waals surface area contributed by atoms with Gasteiger partial charge in [-0.25, -0.2) is 14.4 Å². The molecule has 2 N–H and O–H groups in total. The van der Waals surface area contributed by atoms with E-state index in [1.807, 2.05) is 0 Å². The van der Waals surface area contributed by atoms with Crippen LogP contribution in [0.4, 0.5) is 10.3 Å². The van der Waals surface area contributed by atoms with Gasteiger partial charge in [0.05, 0.1) is 12.4 Å². The van der Waals surface area contributed by atoms with Crippen molar-refractivity contribution in [1.29, 1.82) is 0 Å². The van der Waals surface area contributed by atoms with Gasteiger partial charge in [0.15, 0.2) is 5.82 Å². The number of rotatable bonds is 3. The second-order valence-corrected chi connectivity index (χ2v) is 5.21. The molecule has 1 aliphatic heterocycles. The molecular weight excluding hydrogens is 219 g/mol. The van der Waals surface area contributed by atoms with Crippen LogP contribution in [0.1, 0.15) is 25.7 Å². The first-order valence-corrected chi connectivity index (χ1v) is 6.21. The molecule has 2 heterocycles. The number of anilines is 1. The predicted octanol–water partition coefficient (Wildman–Crippen LogP) is 1.56. The number of piperidine rings is 1. The summed E-state index contributed by atoms with van der Waals surface area (Å²) in [6, 6.07) is 0.486. The van der Waals surface area contributed by atoms with Crippen molar-refractivity contribution in [3.8, 4) is 0 Å². The van der Waals surface area contributed by atoms with E-state index in [9.17, 15) is 4.39 Å².